The van der Waals surface area contributed by atoms with Gasteiger partial charge in [0.05, 0.1) is 18.8 Å². The van der Waals surface area contributed by atoms with E-state index in [-0.39, 0.29) is 6.10 Å². The van der Waals surface area contributed by atoms with Gasteiger partial charge in [0.25, 0.3) is 0 Å². The van der Waals surface area contributed by atoms with Crippen LogP contribution in [0.5, 0.6) is 0 Å². The van der Waals surface area contributed by atoms with E-state index in [9.17, 15) is 5.11 Å². The zero-order chi connectivity index (χ0) is 13.7. The van der Waals surface area contributed by atoms with Crippen molar-refractivity contribution in [3.63, 3.8) is 0 Å². The Morgan fingerprint density at radius 3 is 2.79 bits per heavy atom. The maximum atomic E-state index is 10.2. The molecule has 19 heavy (non-hydrogen) atoms. The van der Waals surface area contributed by atoms with Gasteiger partial charge >= 0.3 is 0 Å². The molecule has 1 aliphatic rings. The van der Waals surface area contributed by atoms with Gasteiger partial charge in [-0.3, -0.25) is 4.90 Å². The summed E-state index contributed by atoms with van der Waals surface area (Å²) >= 11 is 0. The summed E-state index contributed by atoms with van der Waals surface area (Å²) in [5.41, 5.74) is 0.984. The fourth-order valence-corrected chi connectivity index (χ4v) is 2.49. The van der Waals surface area contributed by atoms with Crippen LogP contribution in [0.2, 0.25) is 0 Å². The van der Waals surface area contributed by atoms with Crippen molar-refractivity contribution in [2.75, 3.05) is 46.9 Å². The SMILES string of the molecule is CN(C)CC1CN(CC(O)c2ccccc2)CCO1. The Morgan fingerprint density at radius 1 is 1.37 bits per heavy atom. The van der Waals surface area contributed by atoms with Crippen LogP contribution in [0.1, 0.15) is 11.7 Å². The molecule has 1 aromatic carbocycles. The minimum Gasteiger partial charge on any atom is -0.387 e. The third-order valence-electron chi connectivity index (χ3n) is 3.41. The van der Waals surface area contributed by atoms with Crippen molar-refractivity contribution in [3.8, 4) is 0 Å². The van der Waals surface area contributed by atoms with Crippen LogP contribution < -0.4 is 0 Å². The van der Waals surface area contributed by atoms with Crippen LogP contribution >= 0.6 is 0 Å². The highest BCUT2D eigenvalue weighted by Gasteiger charge is 2.23. The fraction of sp³-hybridized carbons (Fsp3) is 0.600. The van der Waals surface area contributed by atoms with E-state index in [1.807, 2.05) is 30.3 Å². The molecular weight excluding hydrogens is 240 g/mol. The molecule has 106 valence electrons. The van der Waals surface area contributed by atoms with Crippen molar-refractivity contribution >= 4 is 0 Å². The van der Waals surface area contributed by atoms with Crippen molar-refractivity contribution in [2.24, 2.45) is 0 Å². The Labute approximate surface area is 115 Å². The van der Waals surface area contributed by atoms with Gasteiger partial charge in [0, 0.05) is 26.2 Å². The van der Waals surface area contributed by atoms with Crippen LogP contribution in [0.4, 0.5) is 0 Å². The number of morpholine rings is 1. The molecule has 4 heteroatoms. The highest BCUT2D eigenvalue weighted by Crippen LogP contribution is 2.15. The number of hydrogen-bond donors (Lipinski definition) is 1. The molecule has 0 aliphatic carbocycles. The van der Waals surface area contributed by atoms with Crippen molar-refractivity contribution in [2.45, 2.75) is 12.2 Å². The van der Waals surface area contributed by atoms with Gasteiger partial charge in [-0.2, -0.15) is 0 Å². The molecule has 2 rings (SSSR count). The molecule has 1 aromatic rings. The van der Waals surface area contributed by atoms with Gasteiger partial charge < -0.3 is 14.7 Å². The summed E-state index contributed by atoms with van der Waals surface area (Å²) in [6, 6.07) is 9.85. The third kappa shape index (κ3) is 4.58. The average Bonchev–Trinajstić information content (AvgIpc) is 2.39. The van der Waals surface area contributed by atoms with Gasteiger partial charge in [-0.25, -0.2) is 0 Å². The number of likely N-dealkylation sites (N-methyl/N-ethyl adjacent to an activating group) is 1. The normalized spacial score (nSPS) is 22.6. The second-order valence-electron chi connectivity index (χ2n) is 5.44. The van der Waals surface area contributed by atoms with E-state index < -0.39 is 6.10 Å². The molecule has 1 N–H and O–H groups in total. The number of β-amino-alcohol motifs (C(OH)–C–C–N with tert-alkyl or cyclic N) is 1. The van der Waals surface area contributed by atoms with Crippen LogP contribution in [0.15, 0.2) is 30.3 Å². The third-order valence-corrected chi connectivity index (χ3v) is 3.41. The van der Waals surface area contributed by atoms with Crippen LogP contribution in [0, 0.1) is 0 Å². The molecule has 1 fully saturated rings. The molecular formula is C15H24N2O2. The first kappa shape index (κ1) is 14.5. The molecule has 1 saturated heterocycles. The lowest BCUT2D eigenvalue weighted by atomic mass is 10.1. The topological polar surface area (TPSA) is 35.9 Å². The largest absolute Gasteiger partial charge is 0.387 e. The van der Waals surface area contributed by atoms with Crippen molar-refractivity contribution in [1.29, 1.82) is 0 Å². The first-order valence-corrected chi connectivity index (χ1v) is 6.87. The monoisotopic (exact) mass is 264 g/mol. The summed E-state index contributed by atoms with van der Waals surface area (Å²) in [6.45, 7) is 4.14. The first-order chi connectivity index (χ1) is 9.15. The maximum Gasteiger partial charge on any atom is 0.0916 e. The Bertz CT molecular complexity index is 370. The Balaban J connectivity index is 1.85. The summed E-state index contributed by atoms with van der Waals surface area (Å²) in [4.78, 5) is 4.43. The van der Waals surface area contributed by atoms with Crippen LogP contribution in [0.3, 0.4) is 0 Å². The van der Waals surface area contributed by atoms with E-state index in [1.54, 1.807) is 0 Å². The molecule has 2 unspecified atom stereocenters. The standard InChI is InChI=1S/C15H24N2O2/c1-16(2)10-14-11-17(8-9-19-14)12-15(18)13-6-4-3-5-7-13/h3-7,14-15,18H,8-12H2,1-2H3. The number of benzene rings is 1. The summed E-state index contributed by atoms with van der Waals surface area (Å²) in [5.74, 6) is 0. The van der Waals surface area contributed by atoms with Gasteiger partial charge in [-0.15, -0.1) is 0 Å². The minimum absolute atomic E-state index is 0.242. The molecule has 2 atom stereocenters. The summed E-state index contributed by atoms with van der Waals surface area (Å²) in [5, 5.41) is 10.2. The summed E-state index contributed by atoms with van der Waals surface area (Å²) in [6.07, 6.45) is -0.175. The molecule has 0 aromatic heterocycles. The summed E-state index contributed by atoms with van der Waals surface area (Å²) < 4.78 is 5.74. The van der Waals surface area contributed by atoms with E-state index >= 15 is 0 Å². The predicted molar refractivity (Wildman–Crippen MR) is 76.1 cm³/mol. The van der Waals surface area contributed by atoms with E-state index in [4.69, 9.17) is 4.74 Å². The second kappa shape index (κ2) is 7.01. The molecule has 1 heterocycles. The Kier molecular flexibility index (Phi) is 5.34. The number of nitrogens with zero attached hydrogens (tertiary/aromatic N) is 2. The number of ether oxygens (including phenoxy) is 1. The molecule has 0 spiro atoms. The minimum atomic E-state index is -0.417. The molecule has 0 amide bonds. The number of hydrogen-bond acceptors (Lipinski definition) is 4. The average molecular weight is 264 g/mol. The zero-order valence-corrected chi connectivity index (χ0v) is 11.8. The molecule has 0 radical (unpaired) electrons. The lowest BCUT2D eigenvalue weighted by Gasteiger charge is -2.35. The number of rotatable bonds is 5. The van der Waals surface area contributed by atoms with Gasteiger partial charge in [0.2, 0.25) is 0 Å². The summed E-state index contributed by atoms with van der Waals surface area (Å²) in [7, 11) is 4.11. The van der Waals surface area contributed by atoms with E-state index in [2.05, 4.69) is 23.9 Å². The van der Waals surface area contributed by atoms with Crippen molar-refractivity contribution in [1.82, 2.24) is 9.80 Å². The van der Waals surface area contributed by atoms with Crippen LogP contribution in [-0.2, 0) is 4.74 Å². The molecule has 0 saturated carbocycles. The van der Waals surface area contributed by atoms with E-state index in [1.165, 1.54) is 0 Å². The van der Waals surface area contributed by atoms with E-state index in [0.29, 0.717) is 6.54 Å². The zero-order valence-electron chi connectivity index (χ0n) is 11.8. The number of aliphatic hydroxyl groups excluding tert-OH is 1. The van der Waals surface area contributed by atoms with E-state index in [0.717, 1.165) is 31.8 Å². The highest BCUT2D eigenvalue weighted by molar-refractivity contribution is 5.17. The van der Waals surface area contributed by atoms with Gasteiger partial charge in [0.15, 0.2) is 0 Å². The second-order valence-corrected chi connectivity index (χ2v) is 5.44. The van der Waals surface area contributed by atoms with Gasteiger partial charge in [0.1, 0.15) is 0 Å². The molecule has 4 nitrogen and oxygen atoms in total. The molecule has 0 bridgehead atoms. The fourth-order valence-electron chi connectivity index (χ4n) is 2.49. The van der Waals surface area contributed by atoms with Crippen LogP contribution in [0.25, 0.3) is 0 Å². The number of aliphatic hydroxyl groups is 1. The van der Waals surface area contributed by atoms with Crippen molar-refractivity contribution in [3.05, 3.63) is 35.9 Å². The van der Waals surface area contributed by atoms with Crippen LogP contribution in [-0.4, -0.2) is 67.9 Å². The predicted octanol–water partition coefficient (Wildman–Crippen LogP) is 0.982. The first-order valence-electron chi connectivity index (χ1n) is 6.87. The molecule has 1 aliphatic heterocycles. The quantitative estimate of drug-likeness (QED) is 0.860. The maximum absolute atomic E-state index is 10.2. The Hall–Kier alpha value is -0.940. The smallest absolute Gasteiger partial charge is 0.0916 e. The van der Waals surface area contributed by atoms with Crippen molar-refractivity contribution < 1.29 is 9.84 Å². The van der Waals surface area contributed by atoms with Gasteiger partial charge in [-0.1, -0.05) is 30.3 Å². The Morgan fingerprint density at radius 2 is 2.11 bits per heavy atom. The van der Waals surface area contributed by atoms with Gasteiger partial charge in [-0.05, 0) is 19.7 Å². The lowest BCUT2D eigenvalue weighted by molar-refractivity contribution is -0.0489. The highest BCUT2D eigenvalue weighted by atomic mass is 16.5. The lowest BCUT2D eigenvalue weighted by Crippen LogP contribution is -2.47.